The van der Waals surface area contributed by atoms with Crippen molar-refractivity contribution in [2.75, 3.05) is 0 Å². The Hall–Kier alpha value is -2.51. The van der Waals surface area contributed by atoms with Gasteiger partial charge in [0.15, 0.2) is 0 Å². The largest absolute Gasteiger partial charge is 0 e. The third-order valence-electron chi connectivity index (χ3n) is 2.39. The summed E-state index contributed by atoms with van der Waals surface area (Å²) in [6, 6.07) is 12.1. The molecule has 0 fully saturated rings. The van der Waals surface area contributed by atoms with Gasteiger partial charge in [0.25, 0.3) is 0 Å². The monoisotopic (exact) mass is 345 g/mol. The van der Waals surface area contributed by atoms with E-state index in [-0.39, 0.29) is 23.0 Å². The van der Waals surface area contributed by atoms with Gasteiger partial charge in [0.2, 0.25) is 0 Å². The van der Waals surface area contributed by atoms with Crippen LogP contribution in [0, 0.1) is 49.0 Å². The van der Waals surface area contributed by atoms with Crippen LogP contribution in [0.25, 0.3) is 0 Å². The van der Waals surface area contributed by atoms with Gasteiger partial charge in [-0.1, -0.05) is 48.3 Å². The number of nitrogens with zero attached hydrogens (tertiary/aromatic N) is 1. The number of hydrogen-bond donors (Lipinski definition) is 0. The maximum Gasteiger partial charge on any atom is 0 e. The van der Waals surface area contributed by atoms with Gasteiger partial charge in [0, 0.05) is 28.2 Å². The molecule has 1 aromatic rings. The molecular formula is C18H11FeNO3. The Morgan fingerprint density at radius 1 is 0.957 bits per heavy atom. The number of allylic oxidation sites excluding steroid dienone is 4. The number of benzene rings is 1. The maximum absolute atomic E-state index is 8.82. The molecule has 0 radical (unpaired) electrons. The van der Waals surface area contributed by atoms with E-state index in [0.717, 1.165) is 17.6 Å². The standard InChI is InChI=1S/C15H11N.3CO.Fe/c16-12-15-8-4-7-14(11-15)10-9-13-5-2-1-3-6-13;3*1-2;/h1-8,15H,11H2;;;;. The second kappa shape index (κ2) is 19.5. The minimum atomic E-state index is -0.0231. The van der Waals surface area contributed by atoms with Crippen LogP contribution in [0.2, 0.25) is 0 Å². The zero-order valence-corrected chi connectivity index (χ0v) is 13.0. The molecule has 0 saturated heterocycles. The molecule has 0 spiro atoms. The van der Waals surface area contributed by atoms with Crippen molar-refractivity contribution in [2.45, 2.75) is 6.42 Å². The normalized spacial score (nSPS) is 12.7. The Morgan fingerprint density at radius 2 is 1.52 bits per heavy atom. The zero-order valence-electron chi connectivity index (χ0n) is 11.9. The van der Waals surface area contributed by atoms with E-state index in [9.17, 15) is 0 Å². The molecule has 0 N–H and O–H groups in total. The van der Waals surface area contributed by atoms with Crippen LogP contribution in [0.3, 0.4) is 0 Å². The molecule has 0 aliphatic heterocycles. The quantitative estimate of drug-likeness (QED) is 0.308. The van der Waals surface area contributed by atoms with Gasteiger partial charge >= 0.3 is 33.9 Å². The van der Waals surface area contributed by atoms with Gasteiger partial charge in [-0.25, -0.2) is 0 Å². The van der Waals surface area contributed by atoms with Crippen molar-refractivity contribution in [2.24, 2.45) is 5.92 Å². The summed E-state index contributed by atoms with van der Waals surface area (Å²) in [5, 5.41) is 8.82. The van der Waals surface area contributed by atoms with Gasteiger partial charge in [-0.15, -0.1) is 0 Å². The first-order valence-electron chi connectivity index (χ1n) is 5.84. The smallest absolute Gasteiger partial charge is 0 e. The average Bonchev–Trinajstić information content (AvgIpc) is 2.66. The van der Waals surface area contributed by atoms with Crippen molar-refractivity contribution in [1.82, 2.24) is 0 Å². The summed E-state index contributed by atoms with van der Waals surface area (Å²) in [4.78, 5) is 0. The molecule has 23 heavy (non-hydrogen) atoms. The van der Waals surface area contributed by atoms with Crippen LogP contribution in [0.4, 0.5) is 0 Å². The molecule has 2 rings (SSSR count). The second-order valence-electron chi connectivity index (χ2n) is 3.63. The summed E-state index contributed by atoms with van der Waals surface area (Å²) in [5.74, 6) is 6.19. The van der Waals surface area contributed by atoms with Crippen molar-refractivity contribution in [3.8, 4) is 17.9 Å². The van der Waals surface area contributed by atoms with Crippen molar-refractivity contribution in [1.29, 1.82) is 5.26 Å². The predicted octanol–water partition coefficient (Wildman–Crippen LogP) is 2.95. The van der Waals surface area contributed by atoms with Crippen LogP contribution < -0.4 is 0 Å². The molecular weight excluding hydrogens is 334 g/mol. The summed E-state index contributed by atoms with van der Waals surface area (Å²) in [6.45, 7) is 13.5. The fourth-order valence-corrected chi connectivity index (χ4v) is 1.53. The molecule has 0 bridgehead atoms. The van der Waals surface area contributed by atoms with Crippen LogP contribution in [-0.2, 0) is 31.0 Å². The first-order valence-corrected chi connectivity index (χ1v) is 5.84. The van der Waals surface area contributed by atoms with E-state index < -0.39 is 0 Å². The Balaban J connectivity index is -0.000000514. The van der Waals surface area contributed by atoms with E-state index >= 15 is 0 Å². The molecule has 0 heterocycles. The van der Waals surface area contributed by atoms with Crippen LogP contribution in [0.5, 0.6) is 0 Å². The molecule has 4 nitrogen and oxygen atoms in total. The van der Waals surface area contributed by atoms with Crippen molar-refractivity contribution in [3.05, 3.63) is 79.6 Å². The summed E-state index contributed by atoms with van der Waals surface area (Å²) in [5.41, 5.74) is 2.03. The van der Waals surface area contributed by atoms with E-state index in [2.05, 4.69) is 37.9 Å². The molecule has 0 aromatic heterocycles. The van der Waals surface area contributed by atoms with Crippen LogP contribution >= 0.6 is 0 Å². The Labute approximate surface area is 146 Å². The number of nitriles is 1. The van der Waals surface area contributed by atoms with Gasteiger partial charge in [0.05, 0.1) is 12.0 Å². The molecule has 114 valence electrons. The van der Waals surface area contributed by atoms with Gasteiger partial charge in [-0.3, -0.25) is 0 Å². The molecule has 0 amide bonds. The van der Waals surface area contributed by atoms with E-state index in [1.165, 1.54) is 0 Å². The maximum atomic E-state index is 8.82. The fraction of sp³-hybridized carbons (Fsp3) is 0.111. The van der Waals surface area contributed by atoms with Gasteiger partial charge < -0.3 is 0 Å². The summed E-state index contributed by atoms with van der Waals surface area (Å²) in [7, 11) is 0. The molecule has 1 aliphatic carbocycles. The van der Waals surface area contributed by atoms with E-state index in [1.54, 1.807) is 0 Å². The zero-order chi connectivity index (χ0) is 17.2. The average molecular weight is 345 g/mol. The van der Waals surface area contributed by atoms with E-state index in [1.807, 2.05) is 48.6 Å². The first kappa shape index (κ1) is 25.4. The molecule has 1 unspecified atom stereocenters. The first-order chi connectivity index (χ1) is 10.9. The molecule has 1 aliphatic rings. The molecule has 0 saturated carbocycles. The SMILES string of the molecule is N#CC1C=CC=C(C#Cc2ccccc2)C1.[C-]#[O+].[C-]#[O+].[C-]#[O+].[Fe]. The van der Waals surface area contributed by atoms with Crippen LogP contribution in [-0.4, -0.2) is 0 Å². The predicted molar refractivity (Wildman–Crippen MR) is 76.1 cm³/mol. The minimum Gasteiger partial charge on any atom is 0 e. The van der Waals surface area contributed by atoms with E-state index in [0.29, 0.717) is 0 Å². The van der Waals surface area contributed by atoms with Gasteiger partial charge in [-0.05, 0) is 18.6 Å². The Bertz CT molecular complexity index is 638. The summed E-state index contributed by atoms with van der Waals surface area (Å²) in [6.07, 6.45) is 6.52. The van der Waals surface area contributed by atoms with Crippen LogP contribution in [0.1, 0.15) is 12.0 Å². The fourth-order valence-electron chi connectivity index (χ4n) is 1.53. The molecule has 5 heteroatoms. The summed E-state index contributed by atoms with van der Waals surface area (Å²) >= 11 is 0. The van der Waals surface area contributed by atoms with Crippen LogP contribution in [0.15, 0.2) is 54.1 Å². The third kappa shape index (κ3) is 11.8. The third-order valence-corrected chi connectivity index (χ3v) is 2.39. The molecule has 1 atom stereocenters. The summed E-state index contributed by atoms with van der Waals surface area (Å²) < 4.78 is 22.5. The van der Waals surface area contributed by atoms with Gasteiger partial charge in [-0.2, -0.15) is 5.26 Å². The molecule has 1 aromatic carbocycles. The number of hydrogen-bond acceptors (Lipinski definition) is 1. The number of rotatable bonds is 0. The van der Waals surface area contributed by atoms with E-state index in [4.69, 9.17) is 19.2 Å². The second-order valence-corrected chi connectivity index (χ2v) is 3.63. The minimum absolute atomic E-state index is 0. The Morgan fingerprint density at radius 3 is 2.04 bits per heavy atom. The topological polar surface area (TPSA) is 83.5 Å². The van der Waals surface area contributed by atoms with Crippen molar-refractivity contribution < 1.29 is 31.0 Å². The van der Waals surface area contributed by atoms with Crippen molar-refractivity contribution in [3.63, 3.8) is 0 Å². The Kier molecular flexibility index (Phi) is 21.6. The van der Waals surface area contributed by atoms with Gasteiger partial charge in [0.1, 0.15) is 0 Å². The van der Waals surface area contributed by atoms with Crippen molar-refractivity contribution >= 4 is 0 Å².